The third-order valence-electron chi connectivity index (χ3n) is 1.97. The molecule has 3 heteroatoms. The minimum absolute atomic E-state index is 0.429. The van der Waals surface area contributed by atoms with Gasteiger partial charge in [-0.25, -0.2) is 4.79 Å². The van der Waals surface area contributed by atoms with Gasteiger partial charge in [-0.2, -0.15) is 0 Å². The molecule has 13 heavy (non-hydrogen) atoms. The largest absolute Gasteiger partial charge is 0.490 e. The molecular formula is C10H19NO2. The molecule has 3 nitrogen and oxygen atoms in total. The summed E-state index contributed by atoms with van der Waals surface area (Å²) in [4.78, 5) is 10.2. The van der Waals surface area contributed by atoms with E-state index in [4.69, 9.17) is 10.5 Å². The van der Waals surface area contributed by atoms with Crippen molar-refractivity contribution in [3.63, 3.8) is 0 Å². The lowest BCUT2D eigenvalue weighted by Crippen LogP contribution is -1.97. The Morgan fingerprint density at radius 1 is 1.23 bits per heavy atom. The smallest absolute Gasteiger partial charge is 0.179 e. The van der Waals surface area contributed by atoms with Crippen molar-refractivity contribution >= 4 is 5.94 Å². The highest BCUT2D eigenvalue weighted by atomic mass is 16.5. The number of nitrogens with two attached hydrogens (primary N) is 1. The first-order valence-corrected chi connectivity index (χ1v) is 4.83. The quantitative estimate of drug-likeness (QED) is 0.355. The lowest BCUT2D eigenvalue weighted by atomic mass is 10.1. The molecule has 0 fully saturated rings. The Morgan fingerprint density at radius 2 is 1.85 bits per heavy atom. The molecule has 2 N–H and O–H groups in total. The number of unbranched alkanes of at least 4 members (excludes halogenated alkanes) is 4. The van der Waals surface area contributed by atoms with Crippen LogP contribution in [0.25, 0.3) is 0 Å². The monoisotopic (exact) mass is 185 g/mol. The number of carbonyl (C=O) groups excluding carboxylic acids is 1. The van der Waals surface area contributed by atoms with E-state index in [1.807, 2.05) is 0 Å². The Hall–Kier alpha value is -0.790. The van der Waals surface area contributed by atoms with Crippen LogP contribution in [-0.4, -0.2) is 19.6 Å². The van der Waals surface area contributed by atoms with Crippen LogP contribution in [0.3, 0.4) is 0 Å². The molecule has 0 aliphatic heterocycles. The molecule has 0 aromatic carbocycles. The van der Waals surface area contributed by atoms with Crippen LogP contribution in [-0.2, 0) is 9.53 Å². The van der Waals surface area contributed by atoms with Gasteiger partial charge in [0.15, 0.2) is 11.7 Å². The number of hydrogen-bond acceptors (Lipinski definition) is 3. The molecule has 0 aliphatic rings. The standard InChI is InChI=1S/C10H19NO2/c1-13-10(9-12)7-5-3-2-4-6-8-11/h2-8,11H2,1H3. The summed E-state index contributed by atoms with van der Waals surface area (Å²) in [6.07, 6.45) is 6.32. The third-order valence-corrected chi connectivity index (χ3v) is 1.97. The van der Waals surface area contributed by atoms with Crippen molar-refractivity contribution in [2.24, 2.45) is 5.73 Å². The van der Waals surface area contributed by atoms with E-state index in [-0.39, 0.29) is 0 Å². The summed E-state index contributed by atoms with van der Waals surface area (Å²) in [6, 6.07) is 0. The first-order valence-electron chi connectivity index (χ1n) is 4.83. The van der Waals surface area contributed by atoms with Crippen molar-refractivity contribution < 1.29 is 9.53 Å². The number of allylic oxidation sites excluding steroid dienone is 1. The lowest BCUT2D eigenvalue weighted by molar-refractivity contribution is 0.277. The summed E-state index contributed by atoms with van der Waals surface area (Å²) in [6.45, 7) is 0.775. The van der Waals surface area contributed by atoms with Gasteiger partial charge in [0, 0.05) is 6.42 Å². The highest BCUT2D eigenvalue weighted by Gasteiger charge is 1.96. The maximum atomic E-state index is 10.2. The van der Waals surface area contributed by atoms with Gasteiger partial charge < -0.3 is 10.5 Å². The zero-order chi connectivity index (χ0) is 9.94. The van der Waals surface area contributed by atoms with Crippen molar-refractivity contribution in [2.45, 2.75) is 38.5 Å². The van der Waals surface area contributed by atoms with E-state index in [1.54, 1.807) is 5.94 Å². The first-order chi connectivity index (χ1) is 6.35. The second kappa shape index (κ2) is 9.30. The van der Waals surface area contributed by atoms with Gasteiger partial charge in [-0.3, -0.25) is 0 Å². The average molecular weight is 185 g/mol. The minimum atomic E-state index is 0.429. The summed E-state index contributed by atoms with van der Waals surface area (Å²) in [5.41, 5.74) is 5.36. The fraction of sp³-hybridized carbons (Fsp3) is 0.800. The summed E-state index contributed by atoms with van der Waals surface area (Å²) in [5.74, 6) is 2.21. The van der Waals surface area contributed by atoms with Crippen molar-refractivity contribution in [3.05, 3.63) is 5.76 Å². The maximum Gasteiger partial charge on any atom is 0.179 e. The molecule has 0 spiro atoms. The normalized spacial score (nSPS) is 9.38. The molecule has 0 rings (SSSR count). The Labute approximate surface area is 79.9 Å². The minimum Gasteiger partial charge on any atom is -0.490 e. The van der Waals surface area contributed by atoms with Gasteiger partial charge in [0.1, 0.15) is 0 Å². The molecular weight excluding hydrogens is 166 g/mol. The number of methoxy groups -OCH3 is 1. The molecule has 0 unspecified atom stereocenters. The second-order valence-corrected chi connectivity index (χ2v) is 3.04. The van der Waals surface area contributed by atoms with Crippen LogP contribution >= 0.6 is 0 Å². The summed E-state index contributed by atoms with van der Waals surface area (Å²) in [5, 5.41) is 0. The average Bonchev–Trinajstić information content (AvgIpc) is 2.17. The van der Waals surface area contributed by atoms with E-state index >= 15 is 0 Å². The summed E-state index contributed by atoms with van der Waals surface area (Å²) < 4.78 is 4.80. The molecule has 0 radical (unpaired) electrons. The lowest BCUT2D eigenvalue weighted by Gasteiger charge is -2.01. The molecule has 76 valence electrons. The van der Waals surface area contributed by atoms with Crippen LogP contribution in [0.2, 0.25) is 0 Å². The van der Waals surface area contributed by atoms with Crippen molar-refractivity contribution in [1.82, 2.24) is 0 Å². The van der Waals surface area contributed by atoms with Crippen LogP contribution in [0, 0.1) is 0 Å². The van der Waals surface area contributed by atoms with Crippen LogP contribution in [0.1, 0.15) is 38.5 Å². The summed E-state index contributed by atoms with van der Waals surface area (Å²) >= 11 is 0. The van der Waals surface area contributed by atoms with Crippen molar-refractivity contribution in [2.75, 3.05) is 13.7 Å². The summed E-state index contributed by atoms with van der Waals surface area (Å²) in [7, 11) is 1.51. The fourth-order valence-electron chi connectivity index (χ4n) is 1.15. The predicted octanol–water partition coefficient (Wildman–Crippen LogP) is 1.65. The van der Waals surface area contributed by atoms with E-state index < -0.39 is 0 Å². The van der Waals surface area contributed by atoms with Gasteiger partial charge in [0.05, 0.1) is 7.11 Å². The van der Waals surface area contributed by atoms with E-state index in [1.165, 1.54) is 20.0 Å². The second-order valence-electron chi connectivity index (χ2n) is 3.04. The van der Waals surface area contributed by atoms with Crippen LogP contribution < -0.4 is 5.73 Å². The first kappa shape index (κ1) is 12.2. The maximum absolute atomic E-state index is 10.2. The van der Waals surface area contributed by atoms with E-state index in [0.717, 1.165) is 25.8 Å². The number of rotatable bonds is 8. The highest BCUT2D eigenvalue weighted by Crippen LogP contribution is 2.08. The van der Waals surface area contributed by atoms with Crippen LogP contribution in [0.4, 0.5) is 0 Å². The molecule has 0 aromatic heterocycles. The molecule has 0 aliphatic carbocycles. The predicted molar refractivity (Wildman–Crippen MR) is 53.0 cm³/mol. The van der Waals surface area contributed by atoms with E-state index in [9.17, 15) is 4.79 Å². The Bertz CT molecular complexity index is 162. The zero-order valence-electron chi connectivity index (χ0n) is 8.34. The van der Waals surface area contributed by atoms with E-state index in [0.29, 0.717) is 12.2 Å². The zero-order valence-corrected chi connectivity index (χ0v) is 8.34. The molecule has 0 bridgehead atoms. The topological polar surface area (TPSA) is 52.3 Å². The van der Waals surface area contributed by atoms with Gasteiger partial charge in [0.2, 0.25) is 0 Å². The number of ether oxygens (including phenoxy) is 1. The third kappa shape index (κ3) is 7.57. The highest BCUT2D eigenvalue weighted by molar-refractivity contribution is 5.49. The van der Waals surface area contributed by atoms with Gasteiger partial charge in [-0.15, -0.1) is 0 Å². The van der Waals surface area contributed by atoms with Gasteiger partial charge >= 0.3 is 0 Å². The molecule has 0 heterocycles. The van der Waals surface area contributed by atoms with Gasteiger partial charge in [0.25, 0.3) is 0 Å². The van der Waals surface area contributed by atoms with Crippen LogP contribution in [0.15, 0.2) is 5.76 Å². The molecule has 0 saturated carbocycles. The SMILES string of the molecule is COC(=C=O)CCCCCCCN. The van der Waals surface area contributed by atoms with Gasteiger partial charge in [-0.05, 0) is 19.4 Å². The Balaban J connectivity index is 3.20. The molecule has 0 amide bonds. The van der Waals surface area contributed by atoms with Crippen molar-refractivity contribution in [1.29, 1.82) is 0 Å². The molecule has 0 atom stereocenters. The van der Waals surface area contributed by atoms with Crippen molar-refractivity contribution in [3.8, 4) is 0 Å². The van der Waals surface area contributed by atoms with Crippen LogP contribution in [0.5, 0.6) is 0 Å². The molecule has 0 aromatic rings. The van der Waals surface area contributed by atoms with E-state index in [2.05, 4.69) is 0 Å². The Kier molecular flexibility index (Phi) is 8.73. The van der Waals surface area contributed by atoms with Gasteiger partial charge in [-0.1, -0.05) is 19.3 Å². The number of hydrogen-bond donors (Lipinski definition) is 1. The fourth-order valence-corrected chi connectivity index (χ4v) is 1.15. The molecule has 0 saturated heterocycles. The Morgan fingerprint density at radius 3 is 2.38 bits per heavy atom.